The van der Waals surface area contributed by atoms with E-state index < -0.39 is 5.82 Å². The van der Waals surface area contributed by atoms with Crippen LogP contribution in [0.4, 0.5) is 4.39 Å². The highest BCUT2D eigenvalue weighted by atomic mass is 35.5. The van der Waals surface area contributed by atoms with Gasteiger partial charge < -0.3 is 15.0 Å². The van der Waals surface area contributed by atoms with Crippen LogP contribution in [-0.2, 0) is 0 Å². The smallest absolute Gasteiger partial charge is 0.253 e. The molecule has 30 heavy (non-hydrogen) atoms. The molecule has 1 aliphatic carbocycles. The van der Waals surface area contributed by atoms with Gasteiger partial charge >= 0.3 is 0 Å². The maximum atomic E-state index is 13.4. The minimum atomic E-state index is -0.536. The molecule has 1 saturated carbocycles. The summed E-state index contributed by atoms with van der Waals surface area (Å²) in [6.45, 7) is 1.68. The van der Waals surface area contributed by atoms with Gasteiger partial charge in [0.15, 0.2) is 0 Å². The van der Waals surface area contributed by atoms with Crippen molar-refractivity contribution in [2.75, 3.05) is 19.7 Å². The second-order valence-corrected chi connectivity index (χ2v) is 8.38. The van der Waals surface area contributed by atoms with Gasteiger partial charge in [0.2, 0.25) is 0 Å². The fourth-order valence-corrected chi connectivity index (χ4v) is 3.82. The zero-order valence-corrected chi connectivity index (χ0v) is 17.3. The molecule has 1 aliphatic heterocycles. The van der Waals surface area contributed by atoms with E-state index in [1.807, 2.05) is 12.1 Å². The van der Waals surface area contributed by atoms with E-state index in [9.17, 15) is 14.0 Å². The molecule has 7 heteroatoms. The Morgan fingerprint density at radius 3 is 2.73 bits per heavy atom. The van der Waals surface area contributed by atoms with Gasteiger partial charge in [0.1, 0.15) is 11.6 Å². The minimum absolute atomic E-state index is 0.0525. The number of nitrogens with zero attached hydrogens (tertiary/aromatic N) is 1. The Morgan fingerprint density at radius 1 is 1.13 bits per heavy atom. The molecule has 2 aromatic rings. The van der Waals surface area contributed by atoms with Gasteiger partial charge in [0.25, 0.3) is 11.8 Å². The van der Waals surface area contributed by atoms with Crippen LogP contribution < -0.4 is 10.1 Å². The molecule has 2 aromatic carbocycles. The number of amides is 2. The van der Waals surface area contributed by atoms with Crippen LogP contribution in [0.5, 0.6) is 5.75 Å². The maximum absolute atomic E-state index is 13.4. The van der Waals surface area contributed by atoms with Crippen molar-refractivity contribution >= 4 is 23.4 Å². The lowest BCUT2D eigenvalue weighted by Crippen LogP contribution is -2.41. The minimum Gasteiger partial charge on any atom is -0.493 e. The van der Waals surface area contributed by atoms with Gasteiger partial charge in [-0.1, -0.05) is 17.7 Å². The molecule has 0 radical (unpaired) electrons. The van der Waals surface area contributed by atoms with Crippen LogP contribution in [-0.4, -0.2) is 42.5 Å². The Morgan fingerprint density at radius 2 is 1.97 bits per heavy atom. The molecule has 4 rings (SSSR count). The van der Waals surface area contributed by atoms with Crippen molar-refractivity contribution in [1.29, 1.82) is 0 Å². The lowest BCUT2D eigenvalue weighted by molar-refractivity contribution is 0.0633. The van der Waals surface area contributed by atoms with Gasteiger partial charge in [-0.15, -0.1) is 0 Å². The largest absolute Gasteiger partial charge is 0.493 e. The first-order valence-electron chi connectivity index (χ1n) is 10.3. The Kier molecular flexibility index (Phi) is 6.23. The van der Waals surface area contributed by atoms with Crippen molar-refractivity contribution in [3.63, 3.8) is 0 Å². The third kappa shape index (κ3) is 5.11. The molecule has 2 amide bonds. The summed E-state index contributed by atoms with van der Waals surface area (Å²) in [5, 5.41) is 2.92. The Hall–Kier alpha value is -2.60. The van der Waals surface area contributed by atoms with Crippen LogP contribution in [0.15, 0.2) is 42.5 Å². The molecular formula is C23H24ClFN2O3. The number of benzene rings is 2. The Bertz CT molecular complexity index is 948. The summed E-state index contributed by atoms with van der Waals surface area (Å²) >= 11 is 5.82. The van der Waals surface area contributed by atoms with Crippen molar-refractivity contribution in [1.82, 2.24) is 10.2 Å². The normalized spacial score (nSPS) is 18.7. The van der Waals surface area contributed by atoms with E-state index in [1.54, 1.807) is 17.0 Å². The number of carbonyl (C=O) groups is 2. The lowest BCUT2D eigenvalue weighted by atomic mass is 9.98. The molecule has 158 valence electrons. The molecule has 0 bridgehead atoms. The van der Waals surface area contributed by atoms with Crippen LogP contribution >= 0.6 is 11.6 Å². The number of likely N-dealkylation sites (tertiary alicyclic amines) is 1. The number of halogens is 2. The van der Waals surface area contributed by atoms with Crippen molar-refractivity contribution in [2.24, 2.45) is 5.92 Å². The Labute approximate surface area is 180 Å². The first-order valence-corrected chi connectivity index (χ1v) is 10.7. The highest BCUT2D eigenvalue weighted by molar-refractivity contribution is 6.31. The second kappa shape index (κ2) is 9.04. The number of piperidine rings is 1. The SMILES string of the molecule is O=C(NC1CC1)c1cccc(OC[C@H]2CCCN(C(=O)c3ccc(F)c(Cl)c3)C2)c1. The molecule has 2 fully saturated rings. The van der Waals surface area contributed by atoms with E-state index in [4.69, 9.17) is 16.3 Å². The van der Waals surface area contributed by atoms with E-state index in [-0.39, 0.29) is 22.8 Å². The quantitative estimate of drug-likeness (QED) is 0.743. The number of carbonyl (C=O) groups excluding carboxylic acids is 2. The van der Waals surface area contributed by atoms with Gasteiger partial charge in [-0.3, -0.25) is 9.59 Å². The second-order valence-electron chi connectivity index (χ2n) is 7.97. The topological polar surface area (TPSA) is 58.6 Å². The molecule has 2 aliphatic rings. The summed E-state index contributed by atoms with van der Waals surface area (Å²) < 4.78 is 19.3. The fraction of sp³-hybridized carbons (Fsp3) is 0.391. The third-order valence-corrected chi connectivity index (χ3v) is 5.76. The van der Waals surface area contributed by atoms with Crippen LogP contribution in [0.2, 0.25) is 5.02 Å². The molecule has 1 heterocycles. The van der Waals surface area contributed by atoms with Crippen LogP contribution in [0, 0.1) is 11.7 Å². The van der Waals surface area contributed by atoms with Crippen molar-refractivity contribution in [3.8, 4) is 5.75 Å². The number of hydrogen-bond acceptors (Lipinski definition) is 3. The average Bonchev–Trinajstić information content (AvgIpc) is 3.58. The van der Waals surface area contributed by atoms with Gasteiger partial charge in [0.05, 0.1) is 11.6 Å². The van der Waals surface area contributed by atoms with Gasteiger partial charge in [-0.2, -0.15) is 0 Å². The van der Waals surface area contributed by atoms with Gasteiger partial charge in [0, 0.05) is 36.2 Å². The van der Waals surface area contributed by atoms with Crippen molar-refractivity contribution < 1.29 is 18.7 Å². The van der Waals surface area contributed by atoms with E-state index in [2.05, 4.69) is 5.32 Å². The fourth-order valence-electron chi connectivity index (χ4n) is 3.63. The summed E-state index contributed by atoms with van der Waals surface area (Å²) in [5.41, 5.74) is 0.977. The number of hydrogen-bond donors (Lipinski definition) is 1. The standard InChI is InChI=1S/C23H24ClFN2O3/c24-20-12-17(6-9-21(20)25)23(29)27-10-2-3-15(13-27)14-30-19-5-1-4-16(11-19)22(28)26-18-7-8-18/h1,4-6,9,11-12,15,18H,2-3,7-8,10,13-14H2,(H,26,28)/t15-/m0/s1. The van der Waals surface area contributed by atoms with E-state index in [0.717, 1.165) is 25.7 Å². The molecular weight excluding hydrogens is 407 g/mol. The summed E-state index contributed by atoms with van der Waals surface area (Å²) in [6.07, 6.45) is 3.92. The summed E-state index contributed by atoms with van der Waals surface area (Å²) in [7, 11) is 0. The van der Waals surface area contributed by atoms with Gasteiger partial charge in [-0.25, -0.2) is 4.39 Å². The molecule has 1 atom stereocenters. The molecule has 0 spiro atoms. The van der Waals surface area contributed by atoms with Crippen LogP contribution in [0.3, 0.4) is 0 Å². The summed E-state index contributed by atoms with van der Waals surface area (Å²) in [6, 6.07) is 11.5. The number of ether oxygens (including phenoxy) is 1. The lowest BCUT2D eigenvalue weighted by Gasteiger charge is -2.32. The first kappa shape index (κ1) is 20.7. The molecule has 0 unspecified atom stereocenters. The Balaban J connectivity index is 1.33. The monoisotopic (exact) mass is 430 g/mol. The van der Waals surface area contributed by atoms with E-state index in [0.29, 0.717) is 42.6 Å². The highest BCUT2D eigenvalue weighted by Gasteiger charge is 2.26. The average molecular weight is 431 g/mol. The summed E-state index contributed by atoms with van der Waals surface area (Å²) in [4.78, 5) is 26.7. The zero-order valence-electron chi connectivity index (χ0n) is 16.6. The molecule has 5 nitrogen and oxygen atoms in total. The van der Waals surface area contributed by atoms with E-state index in [1.165, 1.54) is 18.2 Å². The summed E-state index contributed by atoms with van der Waals surface area (Å²) in [5.74, 6) is 0.0663. The third-order valence-electron chi connectivity index (χ3n) is 5.47. The molecule has 1 N–H and O–H groups in total. The maximum Gasteiger partial charge on any atom is 0.253 e. The highest BCUT2D eigenvalue weighted by Crippen LogP contribution is 2.24. The van der Waals surface area contributed by atoms with E-state index >= 15 is 0 Å². The van der Waals surface area contributed by atoms with Crippen LogP contribution in [0.1, 0.15) is 46.4 Å². The van der Waals surface area contributed by atoms with Crippen LogP contribution in [0.25, 0.3) is 0 Å². The number of rotatable bonds is 6. The van der Waals surface area contributed by atoms with Gasteiger partial charge in [-0.05, 0) is 62.1 Å². The van der Waals surface area contributed by atoms with Crippen molar-refractivity contribution in [3.05, 3.63) is 64.4 Å². The molecule has 1 saturated heterocycles. The first-order chi connectivity index (χ1) is 14.5. The predicted molar refractivity (Wildman–Crippen MR) is 112 cm³/mol. The molecule has 0 aromatic heterocycles. The van der Waals surface area contributed by atoms with Crippen molar-refractivity contribution in [2.45, 2.75) is 31.7 Å². The zero-order chi connectivity index (χ0) is 21.1. The number of nitrogens with one attached hydrogen (secondary N) is 1. The predicted octanol–water partition coefficient (Wildman–Crippen LogP) is 4.30.